The summed E-state index contributed by atoms with van der Waals surface area (Å²) in [7, 11) is 1.55. The molecule has 0 aliphatic rings. The lowest BCUT2D eigenvalue weighted by molar-refractivity contribution is -0.131. The fourth-order valence-electron chi connectivity index (χ4n) is 1.47. The van der Waals surface area contributed by atoms with Crippen LogP contribution in [0.25, 0.3) is 0 Å². The van der Waals surface area contributed by atoms with Crippen molar-refractivity contribution < 1.29 is 9.53 Å². The number of benzene rings is 1. The van der Waals surface area contributed by atoms with Gasteiger partial charge in [0.25, 0.3) is 0 Å². The van der Waals surface area contributed by atoms with E-state index in [0.29, 0.717) is 6.61 Å². The highest BCUT2D eigenvalue weighted by atomic mass is 16.5. The molecule has 0 aliphatic heterocycles. The Morgan fingerprint density at radius 2 is 2.00 bits per heavy atom. The first kappa shape index (κ1) is 12.5. The summed E-state index contributed by atoms with van der Waals surface area (Å²) in [6, 6.07) is 7.49. The molecule has 1 atom stereocenters. The number of nitrogens with zero attached hydrogens (tertiary/aromatic N) is 1. The van der Waals surface area contributed by atoms with E-state index >= 15 is 0 Å². The number of nitrogens with two attached hydrogens (primary N) is 1. The van der Waals surface area contributed by atoms with Crippen LogP contribution in [0.4, 0.5) is 0 Å². The molecule has 88 valence electrons. The third-order valence-electron chi connectivity index (χ3n) is 2.41. The Morgan fingerprint density at radius 1 is 1.44 bits per heavy atom. The van der Waals surface area contributed by atoms with Gasteiger partial charge in [-0.15, -0.1) is 0 Å². The fraction of sp³-hybridized carbons (Fsp3) is 0.417. The molecule has 0 fully saturated rings. The number of hydrazine groups is 1. The molecule has 4 heteroatoms. The van der Waals surface area contributed by atoms with Crippen LogP contribution in [0, 0.1) is 0 Å². The number of amides is 1. The summed E-state index contributed by atoms with van der Waals surface area (Å²) < 4.78 is 5.33. The minimum absolute atomic E-state index is 0.107. The summed E-state index contributed by atoms with van der Waals surface area (Å²) in [5.41, 5.74) is 0.936. The number of ether oxygens (including phenoxy) is 1. The van der Waals surface area contributed by atoms with Crippen molar-refractivity contribution in [3.63, 3.8) is 0 Å². The zero-order chi connectivity index (χ0) is 12.1. The molecule has 0 aromatic heterocycles. The molecule has 0 aliphatic carbocycles. The lowest BCUT2D eigenvalue weighted by Crippen LogP contribution is -2.36. The molecule has 1 rings (SSSR count). The first-order valence-electron chi connectivity index (χ1n) is 5.31. The number of carbonyl (C=O) groups is 1. The highest BCUT2D eigenvalue weighted by Gasteiger charge is 2.17. The van der Waals surface area contributed by atoms with Gasteiger partial charge in [-0.1, -0.05) is 12.1 Å². The van der Waals surface area contributed by atoms with Gasteiger partial charge >= 0.3 is 0 Å². The normalized spacial score (nSPS) is 12.0. The molecule has 0 radical (unpaired) electrons. The molecule has 1 amide bonds. The predicted octanol–water partition coefficient (Wildman–Crippen LogP) is 1.52. The van der Waals surface area contributed by atoms with Crippen molar-refractivity contribution in [3.05, 3.63) is 29.8 Å². The Kier molecular flexibility index (Phi) is 4.31. The van der Waals surface area contributed by atoms with Gasteiger partial charge in [0.2, 0.25) is 5.91 Å². The van der Waals surface area contributed by atoms with E-state index in [4.69, 9.17) is 10.6 Å². The molecule has 1 unspecified atom stereocenters. The second-order valence-electron chi connectivity index (χ2n) is 3.67. The van der Waals surface area contributed by atoms with Crippen molar-refractivity contribution in [3.8, 4) is 5.75 Å². The SMILES string of the molecule is CCOc1ccc(C(C)C(=O)N(C)N)cc1. The van der Waals surface area contributed by atoms with Gasteiger partial charge in [0.15, 0.2) is 0 Å². The number of hydrogen-bond acceptors (Lipinski definition) is 3. The van der Waals surface area contributed by atoms with Crippen molar-refractivity contribution in [1.82, 2.24) is 5.01 Å². The number of rotatable bonds is 4. The van der Waals surface area contributed by atoms with Crippen molar-refractivity contribution in [2.45, 2.75) is 19.8 Å². The van der Waals surface area contributed by atoms with Crippen LogP contribution in [0.1, 0.15) is 25.3 Å². The van der Waals surface area contributed by atoms with Gasteiger partial charge in [-0.05, 0) is 31.5 Å². The Morgan fingerprint density at radius 3 is 2.44 bits per heavy atom. The van der Waals surface area contributed by atoms with Crippen LogP contribution >= 0.6 is 0 Å². The molecule has 0 saturated carbocycles. The molecule has 0 spiro atoms. The lowest BCUT2D eigenvalue weighted by Gasteiger charge is -2.16. The van der Waals surface area contributed by atoms with E-state index < -0.39 is 0 Å². The summed E-state index contributed by atoms with van der Waals surface area (Å²) in [5.74, 6) is 5.88. The van der Waals surface area contributed by atoms with Gasteiger partial charge < -0.3 is 4.74 Å². The van der Waals surface area contributed by atoms with Crippen LogP contribution in [0.3, 0.4) is 0 Å². The number of likely N-dealkylation sites (N-methyl/N-ethyl adjacent to an activating group) is 1. The van der Waals surface area contributed by atoms with E-state index in [1.165, 1.54) is 0 Å². The van der Waals surface area contributed by atoms with Gasteiger partial charge in [-0.3, -0.25) is 9.80 Å². The van der Waals surface area contributed by atoms with Gasteiger partial charge in [0.05, 0.1) is 12.5 Å². The van der Waals surface area contributed by atoms with E-state index in [2.05, 4.69) is 0 Å². The van der Waals surface area contributed by atoms with Crippen molar-refractivity contribution >= 4 is 5.91 Å². The number of hydrogen-bond donors (Lipinski definition) is 1. The van der Waals surface area contributed by atoms with Crippen LogP contribution in [0.2, 0.25) is 0 Å². The third-order valence-corrected chi connectivity index (χ3v) is 2.41. The molecular formula is C12H18N2O2. The van der Waals surface area contributed by atoms with Crippen LogP contribution in [0.5, 0.6) is 5.75 Å². The molecule has 2 N–H and O–H groups in total. The largest absolute Gasteiger partial charge is 0.494 e. The average Bonchev–Trinajstić information content (AvgIpc) is 2.28. The fourth-order valence-corrected chi connectivity index (χ4v) is 1.47. The Balaban J connectivity index is 2.77. The van der Waals surface area contributed by atoms with Gasteiger partial charge in [-0.25, -0.2) is 5.84 Å². The molecule has 0 saturated heterocycles. The minimum Gasteiger partial charge on any atom is -0.494 e. The Labute approximate surface area is 96.0 Å². The summed E-state index contributed by atoms with van der Waals surface area (Å²) in [6.45, 7) is 4.41. The molecule has 1 aromatic carbocycles. The predicted molar refractivity (Wildman–Crippen MR) is 63.0 cm³/mol. The molecule has 0 heterocycles. The van der Waals surface area contributed by atoms with E-state index in [-0.39, 0.29) is 11.8 Å². The highest BCUT2D eigenvalue weighted by molar-refractivity contribution is 5.82. The second-order valence-corrected chi connectivity index (χ2v) is 3.67. The van der Waals surface area contributed by atoms with Crippen molar-refractivity contribution in [1.29, 1.82) is 0 Å². The van der Waals surface area contributed by atoms with Gasteiger partial charge in [-0.2, -0.15) is 0 Å². The zero-order valence-electron chi connectivity index (χ0n) is 9.93. The van der Waals surface area contributed by atoms with Crippen LogP contribution in [-0.2, 0) is 4.79 Å². The third kappa shape index (κ3) is 2.97. The second kappa shape index (κ2) is 5.51. The first-order valence-corrected chi connectivity index (χ1v) is 5.31. The Bertz CT molecular complexity index is 347. The summed E-state index contributed by atoms with van der Waals surface area (Å²) >= 11 is 0. The smallest absolute Gasteiger partial charge is 0.243 e. The molecule has 4 nitrogen and oxygen atoms in total. The number of carbonyl (C=O) groups excluding carboxylic acids is 1. The molecule has 0 bridgehead atoms. The molecule has 1 aromatic rings. The minimum atomic E-state index is -0.231. The maximum absolute atomic E-state index is 11.6. The summed E-state index contributed by atoms with van der Waals surface area (Å²) in [4.78, 5) is 11.6. The van der Waals surface area contributed by atoms with E-state index in [1.54, 1.807) is 7.05 Å². The molecular weight excluding hydrogens is 204 g/mol. The highest BCUT2D eigenvalue weighted by Crippen LogP contribution is 2.20. The van der Waals surface area contributed by atoms with Crippen LogP contribution in [-0.4, -0.2) is 24.6 Å². The maximum atomic E-state index is 11.6. The maximum Gasteiger partial charge on any atom is 0.243 e. The first-order chi connectivity index (χ1) is 7.56. The lowest BCUT2D eigenvalue weighted by atomic mass is 10.0. The van der Waals surface area contributed by atoms with E-state index in [0.717, 1.165) is 16.3 Å². The van der Waals surface area contributed by atoms with Crippen molar-refractivity contribution in [2.24, 2.45) is 5.84 Å². The molecule has 16 heavy (non-hydrogen) atoms. The zero-order valence-corrected chi connectivity index (χ0v) is 9.93. The van der Waals surface area contributed by atoms with E-state index in [9.17, 15) is 4.79 Å². The van der Waals surface area contributed by atoms with E-state index in [1.807, 2.05) is 38.1 Å². The topological polar surface area (TPSA) is 55.6 Å². The van der Waals surface area contributed by atoms with Gasteiger partial charge in [0.1, 0.15) is 5.75 Å². The average molecular weight is 222 g/mol. The monoisotopic (exact) mass is 222 g/mol. The quantitative estimate of drug-likeness (QED) is 0.477. The van der Waals surface area contributed by atoms with Crippen molar-refractivity contribution in [2.75, 3.05) is 13.7 Å². The Hall–Kier alpha value is -1.55. The van der Waals surface area contributed by atoms with Crippen LogP contribution in [0.15, 0.2) is 24.3 Å². The summed E-state index contributed by atoms with van der Waals surface area (Å²) in [6.07, 6.45) is 0. The standard InChI is InChI=1S/C12H18N2O2/c1-4-16-11-7-5-10(6-8-11)9(2)12(15)14(3)13/h5-9H,4,13H2,1-3H3. The van der Waals surface area contributed by atoms with Crippen LogP contribution < -0.4 is 10.6 Å². The van der Waals surface area contributed by atoms with Gasteiger partial charge in [0, 0.05) is 7.05 Å². The summed E-state index contributed by atoms with van der Waals surface area (Å²) in [5, 5.41) is 1.11.